The number of aromatic nitrogens is 2. The molecule has 0 spiro atoms. The average molecular weight is 758 g/mol. The predicted octanol–water partition coefficient (Wildman–Crippen LogP) is 4.10. The summed E-state index contributed by atoms with van der Waals surface area (Å²) in [5, 5.41) is 13.8. The Morgan fingerprint density at radius 2 is 1.20 bits per heavy atom. The van der Waals surface area contributed by atoms with E-state index in [-0.39, 0.29) is 24.6 Å². The minimum Gasteiger partial charge on any atom is -0.384 e. The van der Waals surface area contributed by atoms with E-state index in [9.17, 15) is 9.59 Å². The Kier molecular flexibility index (Phi) is 12.9. The van der Waals surface area contributed by atoms with E-state index in [4.69, 9.17) is 18.9 Å². The Morgan fingerprint density at radius 1 is 0.709 bits per heavy atom. The van der Waals surface area contributed by atoms with E-state index in [0.717, 1.165) is 155 Å². The van der Waals surface area contributed by atoms with Crippen LogP contribution >= 0.6 is 0 Å². The van der Waals surface area contributed by atoms with Crippen molar-refractivity contribution in [1.82, 2.24) is 24.1 Å². The number of hydrogen-bond donors (Lipinski definition) is 2. The minimum absolute atomic E-state index is 0.0645. The molecule has 298 valence electrons. The van der Waals surface area contributed by atoms with Crippen LogP contribution in [0, 0.1) is 13.8 Å². The number of anilines is 2. The lowest BCUT2D eigenvalue weighted by atomic mass is 9.96. The molecule has 13 heteroatoms. The number of benzene rings is 2. The first-order valence-corrected chi connectivity index (χ1v) is 20.0. The van der Waals surface area contributed by atoms with Crippen molar-refractivity contribution in [2.75, 3.05) is 104 Å². The molecule has 55 heavy (non-hydrogen) atoms. The summed E-state index contributed by atoms with van der Waals surface area (Å²) in [5.74, 6) is 0. The first-order valence-electron chi connectivity index (χ1n) is 20.0. The summed E-state index contributed by atoms with van der Waals surface area (Å²) in [6.45, 7) is 15.5. The van der Waals surface area contributed by atoms with Gasteiger partial charge in [-0.15, -0.1) is 0 Å². The summed E-state index contributed by atoms with van der Waals surface area (Å²) < 4.78 is 25.2. The van der Waals surface area contributed by atoms with Crippen molar-refractivity contribution in [2.24, 2.45) is 0 Å². The summed E-state index contributed by atoms with van der Waals surface area (Å²) >= 11 is 0. The fraction of sp³-hybridized carbons (Fsp3) is 0.571. The van der Waals surface area contributed by atoms with E-state index >= 15 is 0 Å². The van der Waals surface area contributed by atoms with Crippen molar-refractivity contribution in [3.05, 3.63) is 78.4 Å². The molecule has 0 saturated carbocycles. The Balaban J connectivity index is 0.000000169. The molecule has 8 rings (SSSR count). The van der Waals surface area contributed by atoms with Gasteiger partial charge in [0.15, 0.2) is 0 Å². The summed E-state index contributed by atoms with van der Waals surface area (Å²) in [4.78, 5) is 28.6. The summed E-state index contributed by atoms with van der Waals surface area (Å²) in [6.07, 6.45) is 4.61. The van der Waals surface area contributed by atoms with Gasteiger partial charge in [0.25, 0.3) is 11.1 Å². The lowest BCUT2D eigenvalue weighted by Gasteiger charge is -2.35. The van der Waals surface area contributed by atoms with E-state index in [1.54, 1.807) is 23.4 Å². The fourth-order valence-electron chi connectivity index (χ4n) is 8.75. The second kappa shape index (κ2) is 18.0. The third kappa shape index (κ3) is 8.48. The second-order valence-electron chi connectivity index (χ2n) is 15.3. The number of hydrazine groups is 1. The first kappa shape index (κ1) is 39.4. The number of methoxy groups -OCH3 is 2. The van der Waals surface area contributed by atoms with Crippen molar-refractivity contribution < 1.29 is 18.9 Å². The van der Waals surface area contributed by atoms with Crippen molar-refractivity contribution in [3.8, 4) is 0 Å². The summed E-state index contributed by atoms with van der Waals surface area (Å²) in [5.41, 5.74) is 10.8. The summed E-state index contributed by atoms with van der Waals surface area (Å²) in [6, 6.07) is 8.86. The molecule has 0 radical (unpaired) electrons. The number of hydrogen-bond acceptors (Lipinski definition) is 11. The van der Waals surface area contributed by atoms with Crippen molar-refractivity contribution >= 4 is 33.2 Å². The maximum atomic E-state index is 13.1. The molecule has 4 aliphatic heterocycles. The Morgan fingerprint density at radius 3 is 1.73 bits per heavy atom. The molecule has 2 aromatic carbocycles. The average Bonchev–Trinajstić information content (AvgIpc) is 3.21. The van der Waals surface area contributed by atoms with Crippen molar-refractivity contribution in [2.45, 2.75) is 66.0 Å². The zero-order valence-electron chi connectivity index (χ0n) is 33.4. The zero-order chi connectivity index (χ0) is 38.5. The van der Waals surface area contributed by atoms with Crippen LogP contribution in [0.4, 0.5) is 11.4 Å². The lowest BCUT2D eigenvalue weighted by Crippen LogP contribution is -2.46. The molecule has 2 aromatic heterocycles. The highest BCUT2D eigenvalue weighted by molar-refractivity contribution is 5.97. The Hall–Kier alpha value is -3.82. The smallest absolute Gasteiger partial charge is 0.258 e. The van der Waals surface area contributed by atoms with E-state index in [1.165, 1.54) is 22.3 Å². The van der Waals surface area contributed by atoms with Gasteiger partial charge in [-0.05, 0) is 80.3 Å². The number of ether oxygens (including phenoxy) is 4. The van der Waals surface area contributed by atoms with Gasteiger partial charge in [0.2, 0.25) is 0 Å². The van der Waals surface area contributed by atoms with Crippen molar-refractivity contribution in [1.29, 1.82) is 0 Å². The molecule has 2 N–H and O–H groups in total. The molecule has 0 atom stereocenters. The van der Waals surface area contributed by atoms with Crippen LogP contribution in [0.5, 0.6) is 0 Å². The fourth-order valence-corrected chi connectivity index (χ4v) is 8.75. The maximum absolute atomic E-state index is 13.1. The number of pyridine rings is 2. The van der Waals surface area contributed by atoms with Gasteiger partial charge >= 0.3 is 0 Å². The summed E-state index contributed by atoms with van der Waals surface area (Å²) in [7, 11) is 5.39. The van der Waals surface area contributed by atoms with Crippen molar-refractivity contribution in [3.63, 3.8) is 0 Å². The highest BCUT2D eigenvalue weighted by Crippen LogP contribution is 2.34. The highest BCUT2D eigenvalue weighted by atomic mass is 16.5. The number of aryl methyl sites for hydroxylation is 2. The van der Waals surface area contributed by atoms with Gasteiger partial charge in [0.05, 0.1) is 48.8 Å². The van der Waals surface area contributed by atoms with Crippen LogP contribution in [-0.2, 0) is 58.2 Å². The molecule has 0 amide bonds. The molecule has 0 bridgehead atoms. The molecule has 2 fully saturated rings. The molecule has 0 unspecified atom stereocenters. The van der Waals surface area contributed by atoms with Crippen LogP contribution in [0.25, 0.3) is 21.8 Å². The molecular formula is C42H59N7O6. The SMILES string of the molecule is COCn1c(=O)c2c(c3c(C)cc(CCN4CCOCC4)cc31)NCCC2.COCn1c(=O)c2c(c3c(C)cc(CN(C)N4CCOCC4)cc31)NCCC2. The van der Waals surface area contributed by atoms with Gasteiger partial charge in [-0.2, -0.15) is 0 Å². The van der Waals surface area contributed by atoms with Gasteiger partial charge in [0.1, 0.15) is 13.5 Å². The monoisotopic (exact) mass is 757 g/mol. The minimum atomic E-state index is 0.0645. The number of fused-ring (bicyclic) bond motifs is 6. The maximum Gasteiger partial charge on any atom is 0.258 e. The number of rotatable bonds is 10. The van der Waals surface area contributed by atoms with Gasteiger partial charge in [0, 0.05) is 95.5 Å². The van der Waals surface area contributed by atoms with Crippen LogP contribution in [0.2, 0.25) is 0 Å². The van der Waals surface area contributed by atoms with E-state index in [0.29, 0.717) is 0 Å². The van der Waals surface area contributed by atoms with Gasteiger partial charge in [-0.1, -0.05) is 12.1 Å². The van der Waals surface area contributed by atoms with Gasteiger partial charge < -0.3 is 29.6 Å². The topological polar surface area (TPSA) is 115 Å². The second-order valence-corrected chi connectivity index (χ2v) is 15.3. The Labute approximate surface area is 324 Å². The van der Waals surface area contributed by atoms with Crippen LogP contribution in [-0.4, -0.2) is 118 Å². The zero-order valence-corrected chi connectivity index (χ0v) is 33.4. The normalized spacial score (nSPS) is 17.7. The quantitative estimate of drug-likeness (QED) is 0.244. The Bertz CT molecular complexity index is 2100. The van der Waals surface area contributed by atoms with Crippen LogP contribution in [0.3, 0.4) is 0 Å². The van der Waals surface area contributed by atoms with Crippen LogP contribution in [0.15, 0.2) is 33.9 Å². The third-order valence-corrected chi connectivity index (χ3v) is 11.5. The standard InChI is InChI=1S/C21H30N4O3.C21H29N3O3/c1-15-11-16(13-23(2)24-7-9-28-10-8-24)12-18-19(15)20-17(5-4-6-22-20)21(26)25(18)14-27-3;1-15-12-16(5-7-23-8-10-27-11-9-23)13-18-19(15)20-17(4-3-6-22-20)21(25)24(18)14-26-2/h11-12,22H,4-10,13-14H2,1-3H3;12-13,22H,3-11,14H2,1-2H3. The molecule has 13 nitrogen and oxygen atoms in total. The first-order chi connectivity index (χ1) is 26.8. The third-order valence-electron chi connectivity index (χ3n) is 11.5. The molecule has 0 aliphatic carbocycles. The number of nitrogens with zero attached hydrogens (tertiary/aromatic N) is 5. The largest absolute Gasteiger partial charge is 0.384 e. The van der Waals surface area contributed by atoms with Crippen LogP contribution < -0.4 is 21.8 Å². The highest BCUT2D eigenvalue weighted by Gasteiger charge is 2.24. The van der Waals surface area contributed by atoms with E-state index < -0.39 is 0 Å². The molecule has 6 heterocycles. The number of morpholine rings is 2. The van der Waals surface area contributed by atoms with Gasteiger partial charge in [-0.3, -0.25) is 23.6 Å². The lowest BCUT2D eigenvalue weighted by molar-refractivity contribution is -0.0802. The molecule has 2 saturated heterocycles. The van der Waals surface area contributed by atoms with E-state index in [1.807, 2.05) is 0 Å². The van der Waals surface area contributed by atoms with Crippen LogP contribution in [0.1, 0.15) is 46.2 Å². The van der Waals surface area contributed by atoms with Gasteiger partial charge in [-0.25, -0.2) is 10.0 Å². The predicted molar refractivity (Wildman–Crippen MR) is 218 cm³/mol. The number of nitrogens with one attached hydrogen (secondary N) is 2. The molecular weight excluding hydrogens is 699 g/mol. The molecule has 4 aliphatic rings. The van der Waals surface area contributed by atoms with E-state index in [2.05, 4.69) is 70.7 Å². The molecule has 4 aromatic rings.